The van der Waals surface area contributed by atoms with Crippen LogP contribution < -0.4 is 0 Å². The average molecular weight is 343 g/mol. The summed E-state index contributed by atoms with van der Waals surface area (Å²) in [4.78, 5) is 0. The number of nitrogens with zero attached hydrogens (tertiary/aromatic N) is 1. The summed E-state index contributed by atoms with van der Waals surface area (Å²) >= 11 is 0. The third-order valence-corrected chi connectivity index (χ3v) is 6.88. The molecule has 0 saturated heterocycles. The van der Waals surface area contributed by atoms with Gasteiger partial charge in [-0.3, -0.25) is 4.55 Å². The fourth-order valence-corrected chi connectivity index (χ4v) is 4.87. The van der Waals surface area contributed by atoms with Crippen molar-refractivity contribution in [3.63, 3.8) is 0 Å². The molecule has 0 atom stereocenters. The van der Waals surface area contributed by atoms with Crippen LogP contribution in [0.4, 0.5) is 22.0 Å². The van der Waals surface area contributed by atoms with E-state index in [1.807, 2.05) is 0 Å². The molecule has 0 aromatic carbocycles. The van der Waals surface area contributed by atoms with Gasteiger partial charge < -0.3 is 0 Å². The van der Waals surface area contributed by atoms with Gasteiger partial charge in [-0.25, -0.2) is 16.8 Å². The Morgan fingerprint density at radius 2 is 1.28 bits per heavy atom. The van der Waals surface area contributed by atoms with E-state index in [0.717, 1.165) is 0 Å². The average Bonchev–Trinajstić information content (AvgIpc) is 1.96. The monoisotopic (exact) mass is 343 g/mol. The Bertz CT molecular complexity index is 612. The lowest BCUT2D eigenvalue weighted by atomic mass is 11.6. The van der Waals surface area contributed by atoms with E-state index in [2.05, 4.69) is 0 Å². The second kappa shape index (κ2) is 4.51. The van der Waals surface area contributed by atoms with Gasteiger partial charge in [-0.05, 0) is 0 Å². The molecule has 1 N–H and O–H groups in total. The van der Waals surface area contributed by atoms with E-state index in [1.165, 1.54) is 0 Å². The van der Waals surface area contributed by atoms with Gasteiger partial charge in [0.25, 0.3) is 0 Å². The van der Waals surface area contributed by atoms with Gasteiger partial charge in [-0.1, -0.05) is 0 Å². The van der Waals surface area contributed by atoms with Crippen LogP contribution in [0.1, 0.15) is 0 Å². The number of rotatable bonds is 4. The molecule has 0 amide bonds. The zero-order chi connectivity index (χ0) is 15.2. The Balaban J connectivity index is 6.41. The molecule has 0 radical (unpaired) electrons. The van der Waals surface area contributed by atoms with E-state index in [4.69, 9.17) is 4.55 Å². The molecule has 0 fully saturated rings. The molecule has 8 nitrogen and oxygen atoms in total. The summed E-state index contributed by atoms with van der Waals surface area (Å²) in [5.41, 5.74) is -6.54. The summed E-state index contributed by atoms with van der Waals surface area (Å²) in [6, 6.07) is 0. The molecule has 0 heterocycles. The molecule has 110 valence electrons. The van der Waals surface area contributed by atoms with Gasteiger partial charge in [0.15, 0.2) is 0 Å². The standard InChI is InChI=1S/C2H2F5NO7S3/c3-1(4)16(9,10)8(18(13,14)15)17(11,12)2(5,6)7/h1H,(H,13,14,15). The van der Waals surface area contributed by atoms with Crippen LogP contribution in [-0.4, -0.2) is 44.2 Å². The van der Waals surface area contributed by atoms with Crippen LogP contribution in [-0.2, 0) is 30.4 Å². The van der Waals surface area contributed by atoms with E-state index < -0.39 is 44.7 Å². The van der Waals surface area contributed by atoms with Gasteiger partial charge in [0, 0.05) is 0 Å². The summed E-state index contributed by atoms with van der Waals surface area (Å²) in [7, 11) is -20.7. The smallest absolute Gasteiger partial charge is 0.272 e. The number of sulfonamides is 2. The summed E-state index contributed by atoms with van der Waals surface area (Å²) in [6.07, 6.45) is 0. The third-order valence-electron chi connectivity index (χ3n) is 1.11. The predicted octanol–water partition coefficient (Wildman–Crippen LogP) is -0.507. The highest BCUT2D eigenvalue weighted by Gasteiger charge is 2.61. The van der Waals surface area contributed by atoms with Gasteiger partial charge >= 0.3 is 41.6 Å². The molecule has 0 aliphatic rings. The molecule has 0 rings (SSSR count). The zero-order valence-electron chi connectivity index (χ0n) is 7.54. The van der Waals surface area contributed by atoms with Crippen molar-refractivity contribution in [1.29, 1.82) is 0 Å². The summed E-state index contributed by atoms with van der Waals surface area (Å²) in [5.74, 6) is -4.82. The van der Waals surface area contributed by atoms with Crippen molar-refractivity contribution in [2.45, 2.75) is 11.3 Å². The van der Waals surface area contributed by atoms with Crippen LogP contribution in [0, 0.1) is 0 Å². The molecule has 0 spiro atoms. The van der Waals surface area contributed by atoms with Gasteiger partial charge in [-0.15, -0.1) is 0 Å². The Hall–Kier alpha value is -0.580. The fourth-order valence-electron chi connectivity index (χ4n) is 0.542. The number of hydrogen-bond donors (Lipinski definition) is 1. The lowest BCUT2D eigenvalue weighted by molar-refractivity contribution is -0.0458. The van der Waals surface area contributed by atoms with Crippen molar-refractivity contribution in [2.24, 2.45) is 0 Å². The van der Waals surface area contributed by atoms with E-state index >= 15 is 0 Å². The highest BCUT2D eigenvalue weighted by Crippen LogP contribution is 2.32. The zero-order valence-corrected chi connectivity index (χ0v) is 9.99. The Morgan fingerprint density at radius 3 is 1.44 bits per heavy atom. The summed E-state index contributed by atoms with van der Waals surface area (Å²) < 4.78 is 127. The van der Waals surface area contributed by atoms with E-state index in [0.29, 0.717) is 0 Å². The molecule has 0 aliphatic carbocycles. The maximum absolute atomic E-state index is 11.9. The highest BCUT2D eigenvalue weighted by molar-refractivity contribution is 8.16. The summed E-state index contributed by atoms with van der Waals surface area (Å²) in [5, 5.41) is 0. The molecule has 0 saturated carbocycles. The summed E-state index contributed by atoms with van der Waals surface area (Å²) in [6.45, 7) is 0. The molecular formula is C2H2F5NO7S3. The van der Waals surface area contributed by atoms with Gasteiger partial charge in [0.1, 0.15) is 0 Å². The maximum Gasteiger partial charge on any atom is 0.513 e. The first kappa shape index (κ1) is 17.4. The minimum Gasteiger partial charge on any atom is -0.272 e. The van der Waals surface area contributed by atoms with E-state index in [-0.39, 0.29) is 0 Å². The minimum absolute atomic E-state index is 2.68. The van der Waals surface area contributed by atoms with Crippen LogP contribution in [0.15, 0.2) is 0 Å². The molecule has 16 heteroatoms. The molecule has 0 unspecified atom stereocenters. The van der Waals surface area contributed by atoms with Crippen molar-refractivity contribution < 1.29 is 51.8 Å². The van der Waals surface area contributed by atoms with Crippen molar-refractivity contribution in [2.75, 3.05) is 0 Å². The Kier molecular flexibility index (Phi) is 4.37. The van der Waals surface area contributed by atoms with Crippen molar-refractivity contribution in [3.05, 3.63) is 0 Å². The van der Waals surface area contributed by atoms with E-state index in [1.54, 1.807) is 0 Å². The lowest BCUT2D eigenvalue weighted by Crippen LogP contribution is -2.49. The number of alkyl halides is 5. The minimum atomic E-state index is -7.27. The third kappa shape index (κ3) is 3.05. The van der Waals surface area contributed by atoms with Gasteiger partial charge in [-0.2, -0.15) is 30.4 Å². The van der Waals surface area contributed by atoms with Gasteiger partial charge in [0.05, 0.1) is 3.12 Å². The topological polar surface area (TPSA) is 126 Å². The predicted molar refractivity (Wildman–Crippen MR) is 43.3 cm³/mol. The van der Waals surface area contributed by atoms with Crippen LogP contribution in [0.2, 0.25) is 0 Å². The molecular weight excluding hydrogens is 341 g/mol. The molecule has 18 heavy (non-hydrogen) atoms. The van der Waals surface area contributed by atoms with Crippen LogP contribution >= 0.6 is 0 Å². The molecule has 0 bridgehead atoms. The molecule has 0 aromatic rings. The number of hydrogen-bond acceptors (Lipinski definition) is 6. The van der Waals surface area contributed by atoms with Gasteiger partial charge in [0.2, 0.25) is 0 Å². The second-order valence-corrected chi connectivity index (χ2v) is 7.85. The number of halogens is 5. The first-order valence-electron chi connectivity index (χ1n) is 3.17. The van der Waals surface area contributed by atoms with Crippen molar-refractivity contribution in [1.82, 2.24) is 3.12 Å². The Labute approximate surface area is 97.0 Å². The van der Waals surface area contributed by atoms with Crippen molar-refractivity contribution >= 4 is 30.4 Å². The van der Waals surface area contributed by atoms with Crippen LogP contribution in [0.3, 0.4) is 0 Å². The fraction of sp³-hybridized carbons (Fsp3) is 1.00. The SMILES string of the molecule is O=S(=O)(O)N(S(=O)(=O)C(F)F)S(=O)(=O)C(F)(F)F. The normalized spacial score (nSPS) is 15.3. The molecule has 0 aliphatic heterocycles. The molecule has 0 aromatic heterocycles. The first-order chi connectivity index (χ1) is 7.56. The largest absolute Gasteiger partial charge is 0.513 e. The second-order valence-electron chi connectivity index (χ2n) is 2.37. The van der Waals surface area contributed by atoms with Crippen molar-refractivity contribution in [3.8, 4) is 0 Å². The quantitative estimate of drug-likeness (QED) is 0.538. The van der Waals surface area contributed by atoms with Crippen LogP contribution in [0.5, 0.6) is 0 Å². The first-order valence-corrected chi connectivity index (χ1v) is 7.51. The Morgan fingerprint density at radius 1 is 0.944 bits per heavy atom. The lowest BCUT2D eigenvalue weighted by Gasteiger charge is -2.18. The van der Waals surface area contributed by atoms with Crippen LogP contribution in [0.25, 0.3) is 0 Å². The maximum atomic E-state index is 11.9. The highest BCUT2D eigenvalue weighted by atomic mass is 32.3. The van der Waals surface area contributed by atoms with E-state index in [9.17, 15) is 47.2 Å².